The van der Waals surface area contributed by atoms with Crippen molar-refractivity contribution >= 4 is 29.0 Å². The van der Waals surface area contributed by atoms with Crippen molar-refractivity contribution in [2.45, 2.75) is 25.8 Å². The molecule has 3 aliphatic heterocycles. The number of fused-ring (bicyclic) bond motifs is 1. The zero-order valence-corrected chi connectivity index (χ0v) is 16.8. The van der Waals surface area contributed by atoms with Gasteiger partial charge in [0.05, 0.1) is 30.3 Å². The fraction of sp³-hybridized carbons (Fsp3) is 0.550. The predicted molar refractivity (Wildman–Crippen MR) is 109 cm³/mol. The summed E-state index contributed by atoms with van der Waals surface area (Å²) >= 11 is 1.51. The second-order valence-corrected chi connectivity index (χ2v) is 8.47. The highest BCUT2D eigenvalue weighted by Crippen LogP contribution is 2.32. The molecule has 0 spiro atoms. The molecule has 3 aliphatic rings. The first kappa shape index (κ1) is 17.9. The molecule has 8 heteroatoms. The molecule has 1 amide bonds. The second-order valence-electron chi connectivity index (χ2n) is 7.52. The largest absolute Gasteiger partial charge is 0.378 e. The third kappa shape index (κ3) is 3.35. The molecule has 0 bridgehead atoms. The third-order valence-electron chi connectivity index (χ3n) is 5.75. The summed E-state index contributed by atoms with van der Waals surface area (Å²) in [6.07, 6.45) is 3.18. The molecule has 148 valence electrons. The topological polar surface area (TPSA) is 61.8 Å². The number of thiophene rings is 1. The Kier molecular flexibility index (Phi) is 4.90. The molecule has 0 aliphatic carbocycles. The van der Waals surface area contributed by atoms with Crippen LogP contribution in [0.1, 0.15) is 33.8 Å². The molecule has 7 nitrogen and oxygen atoms in total. The van der Waals surface area contributed by atoms with E-state index >= 15 is 0 Å². The molecule has 0 saturated carbocycles. The normalized spacial score (nSPS) is 19.8. The fourth-order valence-corrected chi connectivity index (χ4v) is 4.90. The van der Waals surface area contributed by atoms with Gasteiger partial charge in [0.1, 0.15) is 5.82 Å². The Bertz CT molecular complexity index is 845. The highest BCUT2D eigenvalue weighted by atomic mass is 32.1. The van der Waals surface area contributed by atoms with Gasteiger partial charge in [-0.15, -0.1) is 11.3 Å². The summed E-state index contributed by atoms with van der Waals surface area (Å²) in [5.41, 5.74) is 2.24. The lowest BCUT2D eigenvalue weighted by Crippen LogP contribution is -2.40. The number of amides is 1. The summed E-state index contributed by atoms with van der Waals surface area (Å²) < 4.78 is 5.49. The van der Waals surface area contributed by atoms with E-state index in [4.69, 9.17) is 14.7 Å². The second kappa shape index (κ2) is 7.67. The third-order valence-corrected chi connectivity index (χ3v) is 6.60. The molecule has 2 fully saturated rings. The molecule has 0 radical (unpaired) electrons. The van der Waals surface area contributed by atoms with Crippen molar-refractivity contribution in [3.63, 3.8) is 0 Å². The Balaban J connectivity index is 1.48. The van der Waals surface area contributed by atoms with E-state index in [-0.39, 0.29) is 5.91 Å². The lowest BCUT2D eigenvalue weighted by atomic mass is 10.1. The Morgan fingerprint density at radius 1 is 1.04 bits per heavy atom. The van der Waals surface area contributed by atoms with Crippen LogP contribution in [0.25, 0.3) is 0 Å². The molecule has 0 unspecified atom stereocenters. The van der Waals surface area contributed by atoms with Crippen molar-refractivity contribution in [3.8, 4) is 0 Å². The predicted octanol–water partition coefficient (Wildman–Crippen LogP) is 2.17. The highest BCUT2D eigenvalue weighted by Gasteiger charge is 2.30. The van der Waals surface area contributed by atoms with Gasteiger partial charge >= 0.3 is 0 Å². The van der Waals surface area contributed by atoms with Gasteiger partial charge in [0, 0.05) is 44.7 Å². The van der Waals surface area contributed by atoms with Crippen molar-refractivity contribution in [1.29, 1.82) is 0 Å². The number of anilines is 2. The minimum Gasteiger partial charge on any atom is -0.378 e. The van der Waals surface area contributed by atoms with E-state index in [9.17, 15) is 4.79 Å². The van der Waals surface area contributed by atoms with E-state index in [1.807, 2.05) is 22.4 Å². The van der Waals surface area contributed by atoms with E-state index < -0.39 is 0 Å². The van der Waals surface area contributed by atoms with Crippen LogP contribution in [0, 0.1) is 0 Å². The summed E-state index contributed by atoms with van der Waals surface area (Å²) in [5, 5.41) is 1.96. The van der Waals surface area contributed by atoms with E-state index in [1.165, 1.54) is 24.2 Å². The molecular formula is C20H25N5O2S. The number of rotatable bonds is 3. The van der Waals surface area contributed by atoms with Crippen LogP contribution < -0.4 is 9.80 Å². The number of hydrogen-bond donors (Lipinski definition) is 0. The van der Waals surface area contributed by atoms with Crippen LogP contribution >= 0.6 is 11.3 Å². The number of carbonyl (C=O) groups is 1. The van der Waals surface area contributed by atoms with Gasteiger partial charge in [0.2, 0.25) is 5.95 Å². The van der Waals surface area contributed by atoms with Crippen LogP contribution in [-0.2, 0) is 17.7 Å². The molecule has 5 heterocycles. The van der Waals surface area contributed by atoms with Crippen molar-refractivity contribution in [2.75, 3.05) is 55.7 Å². The van der Waals surface area contributed by atoms with Gasteiger partial charge in [-0.3, -0.25) is 4.79 Å². The van der Waals surface area contributed by atoms with Crippen molar-refractivity contribution < 1.29 is 9.53 Å². The van der Waals surface area contributed by atoms with Crippen LogP contribution in [0.4, 0.5) is 11.8 Å². The van der Waals surface area contributed by atoms with Crippen LogP contribution in [0.15, 0.2) is 17.5 Å². The maximum absolute atomic E-state index is 12.9. The molecule has 5 rings (SSSR count). The molecule has 0 atom stereocenters. The van der Waals surface area contributed by atoms with Gasteiger partial charge < -0.3 is 19.4 Å². The fourth-order valence-electron chi connectivity index (χ4n) is 4.21. The molecule has 0 aromatic carbocycles. The first-order chi connectivity index (χ1) is 13.8. The number of morpholine rings is 1. The number of ether oxygens (including phenoxy) is 1. The van der Waals surface area contributed by atoms with E-state index in [0.717, 1.165) is 73.7 Å². The summed E-state index contributed by atoms with van der Waals surface area (Å²) in [4.78, 5) is 30.2. The molecule has 2 saturated heterocycles. The van der Waals surface area contributed by atoms with Crippen LogP contribution in [0.5, 0.6) is 0 Å². The summed E-state index contributed by atoms with van der Waals surface area (Å²) in [7, 11) is 0. The van der Waals surface area contributed by atoms with Crippen molar-refractivity contribution in [3.05, 3.63) is 33.6 Å². The van der Waals surface area contributed by atoms with Gasteiger partial charge in [-0.2, -0.15) is 4.98 Å². The summed E-state index contributed by atoms with van der Waals surface area (Å²) in [5.74, 6) is 1.97. The Hall–Kier alpha value is -2.19. The number of aromatic nitrogens is 2. The minimum absolute atomic E-state index is 0.116. The highest BCUT2D eigenvalue weighted by molar-refractivity contribution is 7.12. The standard InChI is InChI=1S/C20H25N5O2S/c26-19(17-4-3-13-28-17)25-8-5-16-15(14-25)18(23-6-1-2-7-23)22-20(21-16)24-9-11-27-12-10-24/h3-4,13H,1-2,5-12,14H2. The molecule has 0 N–H and O–H groups in total. The summed E-state index contributed by atoms with van der Waals surface area (Å²) in [6.45, 7) is 6.49. The lowest BCUT2D eigenvalue weighted by molar-refractivity contribution is 0.0738. The Morgan fingerprint density at radius 3 is 2.61 bits per heavy atom. The zero-order valence-electron chi connectivity index (χ0n) is 16.0. The first-order valence-corrected chi connectivity index (χ1v) is 11.0. The van der Waals surface area contributed by atoms with E-state index in [0.29, 0.717) is 13.1 Å². The van der Waals surface area contributed by atoms with Crippen LogP contribution in [0.3, 0.4) is 0 Å². The molecule has 28 heavy (non-hydrogen) atoms. The van der Waals surface area contributed by atoms with Crippen molar-refractivity contribution in [1.82, 2.24) is 14.9 Å². The maximum Gasteiger partial charge on any atom is 0.264 e. The Labute approximate surface area is 168 Å². The van der Waals surface area contributed by atoms with E-state index in [1.54, 1.807) is 0 Å². The monoisotopic (exact) mass is 399 g/mol. The first-order valence-electron chi connectivity index (χ1n) is 10.1. The van der Waals surface area contributed by atoms with Crippen LogP contribution in [0.2, 0.25) is 0 Å². The average Bonchev–Trinajstić information content (AvgIpc) is 3.47. The molecule has 2 aromatic rings. The van der Waals surface area contributed by atoms with Gasteiger partial charge in [0.15, 0.2) is 0 Å². The van der Waals surface area contributed by atoms with Crippen LogP contribution in [-0.4, -0.2) is 66.7 Å². The maximum atomic E-state index is 12.9. The molecule has 2 aromatic heterocycles. The van der Waals surface area contributed by atoms with Gasteiger partial charge in [-0.25, -0.2) is 4.98 Å². The number of carbonyl (C=O) groups excluding carboxylic acids is 1. The molecular weight excluding hydrogens is 374 g/mol. The average molecular weight is 400 g/mol. The van der Waals surface area contributed by atoms with Gasteiger partial charge in [-0.05, 0) is 24.3 Å². The summed E-state index contributed by atoms with van der Waals surface area (Å²) in [6, 6.07) is 3.84. The smallest absolute Gasteiger partial charge is 0.264 e. The Morgan fingerprint density at radius 2 is 1.86 bits per heavy atom. The van der Waals surface area contributed by atoms with Gasteiger partial charge in [0.25, 0.3) is 5.91 Å². The lowest BCUT2D eigenvalue weighted by Gasteiger charge is -2.33. The quantitative estimate of drug-likeness (QED) is 0.788. The SMILES string of the molecule is O=C(c1cccs1)N1CCc2nc(N3CCOCC3)nc(N3CCCC3)c2C1. The van der Waals surface area contributed by atoms with Crippen molar-refractivity contribution in [2.24, 2.45) is 0 Å². The van der Waals surface area contributed by atoms with Gasteiger partial charge in [-0.1, -0.05) is 6.07 Å². The number of nitrogens with zero attached hydrogens (tertiary/aromatic N) is 5. The number of hydrogen-bond acceptors (Lipinski definition) is 7. The van der Waals surface area contributed by atoms with E-state index in [2.05, 4.69) is 9.80 Å². The minimum atomic E-state index is 0.116. The zero-order chi connectivity index (χ0) is 18.9.